The van der Waals surface area contributed by atoms with Gasteiger partial charge in [-0.25, -0.2) is 4.79 Å². The maximum Gasteiger partial charge on any atom is 0.376 e. The first-order valence-electron chi connectivity index (χ1n) is 8.46. The molecule has 1 aliphatic rings. The van der Waals surface area contributed by atoms with Crippen LogP contribution in [0, 0.1) is 0 Å². The number of rotatable bonds is 6. The Morgan fingerprint density at radius 3 is 2.52 bits per heavy atom. The van der Waals surface area contributed by atoms with Gasteiger partial charge in [0.15, 0.2) is 0 Å². The van der Waals surface area contributed by atoms with Crippen molar-refractivity contribution in [2.75, 3.05) is 6.54 Å². The Bertz CT molecular complexity index is 588. The molecule has 7 heteroatoms. The van der Waals surface area contributed by atoms with Crippen LogP contribution in [-0.2, 0) is 25.8 Å². The first-order valence-corrected chi connectivity index (χ1v) is 8.97. The van der Waals surface area contributed by atoms with E-state index in [1.807, 2.05) is 30.3 Å². The van der Waals surface area contributed by atoms with Crippen LogP contribution in [0.2, 0.25) is 0 Å². The highest BCUT2D eigenvalue weighted by molar-refractivity contribution is 7.13. The van der Waals surface area contributed by atoms with Crippen LogP contribution >= 0.6 is 9.39 Å². The number of Topliss-reactive ketones (excluding diaryl/α,β-unsaturated/α-hetero) is 1. The molecule has 1 unspecified atom stereocenters. The smallest absolute Gasteiger partial charge is 0.376 e. The monoisotopic (exact) mass is 366 g/mol. The Morgan fingerprint density at radius 1 is 1.24 bits per heavy atom. The van der Waals surface area contributed by atoms with Gasteiger partial charge in [-0.05, 0) is 39.2 Å². The molecule has 1 saturated heterocycles. The van der Waals surface area contributed by atoms with E-state index in [-0.39, 0.29) is 6.04 Å². The van der Waals surface area contributed by atoms with Crippen molar-refractivity contribution in [3.63, 3.8) is 0 Å². The molecule has 1 heterocycles. The van der Waals surface area contributed by atoms with Gasteiger partial charge in [-0.3, -0.25) is 14.3 Å². The highest BCUT2D eigenvalue weighted by Gasteiger charge is 2.36. The minimum Gasteiger partial charge on any atom is -0.454 e. The van der Waals surface area contributed by atoms with E-state index in [2.05, 4.69) is 14.9 Å². The zero-order valence-corrected chi connectivity index (χ0v) is 16.2. The Hall–Kier alpha value is -1.33. The molecule has 25 heavy (non-hydrogen) atoms. The normalized spacial score (nSPS) is 21.8. The molecule has 1 fully saturated rings. The van der Waals surface area contributed by atoms with E-state index in [9.17, 15) is 9.59 Å². The van der Waals surface area contributed by atoms with Crippen molar-refractivity contribution in [3.8, 4) is 0 Å². The standard InChI is InChI=1S/C18H27N2O4P/c1-18(2,3)24-17(22)16(21)15-10-9-14(11-20(15)25)19-23-12-13-7-5-4-6-8-13/h4-8,14-15,19H,9-12,25H2,1-3H3/t14-,15+/m1/s1. The molecule has 3 atom stereocenters. The number of ketones is 1. The van der Waals surface area contributed by atoms with Crippen LogP contribution in [0.25, 0.3) is 0 Å². The molecule has 0 amide bonds. The van der Waals surface area contributed by atoms with Gasteiger partial charge in [-0.15, -0.1) is 0 Å². The molecule has 1 aromatic carbocycles. The van der Waals surface area contributed by atoms with E-state index in [1.165, 1.54) is 0 Å². The maximum atomic E-state index is 12.3. The van der Waals surface area contributed by atoms with Crippen LogP contribution in [0.4, 0.5) is 0 Å². The summed E-state index contributed by atoms with van der Waals surface area (Å²) < 4.78 is 6.98. The number of esters is 1. The topological polar surface area (TPSA) is 67.9 Å². The number of benzene rings is 1. The summed E-state index contributed by atoms with van der Waals surface area (Å²) in [6.07, 6.45) is 1.33. The molecule has 0 aromatic heterocycles. The summed E-state index contributed by atoms with van der Waals surface area (Å²) in [7, 11) is 2.53. The van der Waals surface area contributed by atoms with E-state index in [1.54, 1.807) is 25.4 Å². The van der Waals surface area contributed by atoms with Crippen molar-refractivity contribution in [2.45, 2.75) is 57.9 Å². The molecule has 138 valence electrons. The van der Waals surface area contributed by atoms with Gasteiger partial charge in [-0.2, -0.15) is 5.48 Å². The number of hydrogen-bond donors (Lipinski definition) is 1. The molecule has 2 rings (SSSR count). The van der Waals surface area contributed by atoms with Crippen molar-refractivity contribution < 1.29 is 19.2 Å². The highest BCUT2D eigenvalue weighted by Crippen LogP contribution is 2.23. The number of hydrogen-bond acceptors (Lipinski definition) is 6. The predicted octanol–water partition coefficient (Wildman–Crippen LogP) is 2.24. The fourth-order valence-electron chi connectivity index (χ4n) is 2.66. The second-order valence-electron chi connectivity index (χ2n) is 7.25. The van der Waals surface area contributed by atoms with Crippen LogP contribution in [0.3, 0.4) is 0 Å². The molecule has 0 aliphatic carbocycles. The van der Waals surface area contributed by atoms with Crippen molar-refractivity contribution in [1.82, 2.24) is 10.2 Å². The molecule has 0 radical (unpaired) electrons. The number of piperidine rings is 1. The van der Waals surface area contributed by atoms with E-state index >= 15 is 0 Å². The minimum atomic E-state index is -0.767. The molecule has 0 bridgehead atoms. The van der Waals surface area contributed by atoms with E-state index in [4.69, 9.17) is 9.57 Å². The molecular formula is C18H27N2O4P. The Labute approximate surface area is 151 Å². The number of carbonyl (C=O) groups is 2. The average Bonchev–Trinajstić information content (AvgIpc) is 2.54. The number of nitrogens with one attached hydrogen (secondary N) is 1. The average molecular weight is 366 g/mol. The molecule has 0 saturated carbocycles. The molecule has 0 spiro atoms. The number of carbonyl (C=O) groups excluding carboxylic acids is 2. The van der Waals surface area contributed by atoms with Crippen LogP contribution in [0.5, 0.6) is 0 Å². The zero-order chi connectivity index (χ0) is 18.4. The van der Waals surface area contributed by atoms with Gasteiger partial charge in [0, 0.05) is 12.6 Å². The lowest BCUT2D eigenvalue weighted by molar-refractivity contribution is -0.164. The van der Waals surface area contributed by atoms with E-state index in [0.29, 0.717) is 19.6 Å². The summed E-state index contributed by atoms with van der Waals surface area (Å²) in [6.45, 7) is 6.33. The van der Waals surface area contributed by atoms with Gasteiger partial charge in [0.2, 0.25) is 0 Å². The summed E-state index contributed by atoms with van der Waals surface area (Å²) >= 11 is 0. The van der Waals surface area contributed by atoms with Crippen molar-refractivity contribution >= 4 is 21.1 Å². The second kappa shape index (κ2) is 8.86. The second-order valence-corrected chi connectivity index (χ2v) is 7.91. The Morgan fingerprint density at radius 2 is 1.92 bits per heavy atom. The first kappa shape index (κ1) is 20.0. The van der Waals surface area contributed by atoms with Crippen molar-refractivity contribution in [2.24, 2.45) is 0 Å². The maximum absolute atomic E-state index is 12.3. The predicted molar refractivity (Wildman–Crippen MR) is 98.4 cm³/mol. The Kier molecular flexibility index (Phi) is 7.08. The SMILES string of the molecule is CC(C)(C)OC(=O)C(=O)[C@@H]1CC[C@@H](NOCc2ccccc2)CN1P. The van der Waals surface area contributed by atoms with Gasteiger partial charge in [0.25, 0.3) is 5.78 Å². The summed E-state index contributed by atoms with van der Waals surface area (Å²) in [4.78, 5) is 29.8. The van der Waals surface area contributed by atoms with Gasteiger partial charge in [0.1, 0.15) is 5.60 Å². The first-order chi connectivity index (χ1) is 11.8. The lowest BCUT2D eigenvalue weighted by Gasteiger charge is -2.35. The van der Waals surface area contributed by atoms with Crippen molar-refractivity contribution in [3.05, 3.63) is 35.9 Å². The lowest BCUT2D eigenvalue weighted by Crippen LogP contribution is -2.51. The fourth-order valence-corrected chi connectivity index (χ4v) is 3.20. The van der Waals surface area contributed by atoms with E-state index in [0.717, 1.165) is 12.0 Å². The summed E-state index contributed by atoms with van der Waals surface area (Å²) in [5.74, 6) is -1.26. The lowest BCUT2D eigenvalue weighted by atomic mass is 9.98. The summed E-state index contributed by atoms with van der Waals surface area (Å²) in [6, 6.07) is 9.54. The van der Waals surface area contributed by atoms with Crippen LogP contribution in [-0.4, -0.2) is 40.7 Å². The number of hydroxylamine groups is 1. The third kappa shape index (κ3) is 6.48. The van der Waals surface area contributed by atoms with Crippen LogP contribution < -0.4 is 5.48 Å². The molecule has 1 aliphatic heterocycles. The van der Waals surface area contributed by atoms with Gasteiger partial charge in [0.05, 0.1) is 12.6 Å². The fraction of sp³-hybridized carbons (Fsp3) is 0.556. The van der Waals surface area contributed by atoms with Gasteiger partial charge >= 0.3 is 5.97 Å². The highest BCUT2D eigenvalue weighted by atomic mass is 31.0. The quantitative estimate of drug-likeness (QED) is 0.360. The van der Waals surface area contributed by atoms with Crippen molar-refractivity contribution in [1.29, 1.82) is 0 Å². The minimum absolute atomic E-state index is 0.101. The van der Waals surface area contributed by atoms with E-state index < -0.39 is 23.4 Å². The molecule has 6 nitrogen and oxygen atoms in total. The summed E-state index contributed by atoms with van der Waals surface area (Å²) in [5, 5.41) is 0. The zero-order valence-electron chi connectivity index (χ0n) is 15.0. The number of nitrogens with zero attached hydrogens (tertiary/aromatic N) is 1. The largest absolute Gasteiger partial charge is 0.454 e. The Balaban J connectivity index is 1.77. The van der Waals surface area contributed by atoms with Crippen LogP contribution in [0.15, 0.2) is 30.3 Å². The third-order valence-corrected chi connectivity index (χ3v) is 4.43. The molecular weight excluding hydrogens is 339 g/mol. The molecule has 1 aromatic rings. The van der Waals surface area contributed by atoms with Crippen LogP contribution in [0.1, 0.15) is 39.2 Å². The van der Waals surface area contributed by atoms with Gasteiger partial charge < -0.3 is 4.74 Å². The summed E-state index contributed by atoms with van der Waals surface area (Å²) in [5.41, 5.74) is 3.47. The number of ether oxygens (including phenoxy) is 1. The molecule has 1 N–H and O–H groups in total. The van der Waals surface area contributed by atoms with Gasteiger partial charge in [-0.1, -0.05) is 39.7 Å². The third-order valence-electron chi connectivity index (χ3n) is 3.85.